The highest BCUT2D eigenvalue weighted by molar-refractivity contribution is 5.15. The Morgan fingerprint density at radius 3 is 2.68 bits per heavy atom. The molecule has 1 aromatic rings. The second kappa shape index (κ2) is 7.64. The minimum atomic E-state index is 0.487. The summed E-state index contributed by atoms with van der Waals surface area (Å²) in [6, 6.07) is 4.74. The summed E-state index contributed by atoms with van der Waals surface area (Å²) in [5.41, 5.74) is 1.35. The Kier molecular flexibility index (Phi) is 5.84. The smallest absolute Gasteiger partial charge is 0.0361 e. The molecule has 2 heteroatoms. The lowest BCUT2D eigenvalue weighted by Gasteiger charge is -2.34. The second-order valence-corrected chi connectivity index (χ2v) is 5.98. The van der Waals surface area contributed by atoms with Gasteiger partial charge in [0.1, 0.15) is 0 Å². The van der Waals surface area contributed by atoms with Crippen molar-refractivity contribution >= 4 is 0 Å². The molecule has 0 amide bonds. The molecule has 1 aliphatic rings. The van der Waals surface area contributed by atoms with E-state index in [2.05, 4.69) is 30.3 Å². The fourth-order valence-electron chi connectivity index (χ4n) is 3.54. The van der Waals surface area contributed by atoms with Crippen molar-refractivity contribution in [2.75, 3.05) is 7.05 Å². The minimum Gasteiger partial charge on any atom is -0.313 e. The molecule has 1 aromatic heterocycles. The largest absolute Gasteiger partial charge is 0.313 e. The predicted octanol–water partition coefficient (Wildman–Crippen LogP) is 4.34. The van der Waals surface area contributed by atoms with Gasteiger partial charge in [-0.1, -0.05) is 45.1 Å². The van der Waals surface area contributed by atoms with Crippen LogP contribution >= 0.6 is 0 Å². The summed E-state index contributed by atoms with van der Waals surface area (Å²) in [4.78, 5) is 4.26. The predicted molar refractivity (Wildman–Crippen MR) is 81.0 cm³/mol. The number of nitrogens with zero attached hydrogens (tertiary/aromatic N) is 1. The first-order valence-electron chi connectivity index (χ1n) is 7.92. The fraction of sp³-hybridized carbons (Fsp3) is 0.706. The lowest BCUT2D eigenvalue weighted by molar-refractivity contribution is 0.218. The van der Waals surface area contributed by atoms with E-state index >= 15 is 0 Å². The van der Waals surface area contributed by atoms with E-state index in [0.29, 0.717) is 6.04 Å². The maximum atomic E-state index is 4.26. The van der Waals surface area contributed by atoms with E-state index in [0.717, 1.165) is 11.8 Å². The van der Waals surface area contributed by atoms with E-state index in [1.54, 1.807) is 0 Å². The number of aromatic nitrogens is 1. The summed E-state index contributed by atoms with van der Waals surface area (Å²) in [5, 5.41) is 3.51. The first-order valence-corrected chi connectivity index (χ1v) is 7.92. The van der Waals surface area contributed by atoms with Gasteiger partial charge in [-0.2, -0.15) is 0 Å². The van der Waals surface area contributed by atoms with Gasteiger partial charge in [-0.3, -0.25) is 4.98 Å². The van der Waals surface area contributed by atoms with Crippen molar-refractivity contribution in [3.05, 3.63) is 30.1 Å². The average Bonchev–Trinajstić information content (AvgIpc) is 2.48. The zero-order chi connectivity index (χ0) is 13.5. The van der Waals surface area contributed by atoms with Gasteiger partial charge in [-0.05, 0) is 43.4 Å². The number of hydrogen-bond donors (Lipinski definition) is 1. The van der Waals surface area contributed by atoms with E-state index < -0.39 is 0 Å². The molecule has 106 valence electrons. The lowest BCUT2D eigenvalue weighted by atomic mass is 9.75. The maximum Gasteiger partial charge on any atom is 0.0361 e. The number of unbranched alkanes of at least 4 members (excludes halogenated alkanes) is 1. The third kappa shape index (κ3) is 4.04. The average molecular weight is 260 g/mol. The van der Waals surface area contributed by atoms with Gasteiger partial charge in [0.25, 0.3) is 0 Å². The van der Waals surface area contributed by atoms with E-state index in [1.165, 1.54) is 50.5 Å². The van der Waals surface area contributed by atoms with Crippen LogP contribution in [0.15, 0.2) is 24.5 Å². The minimum absolute atomic E-state index is 0.487. The zero-order valence-electron chi connectivity index (χ0n) is 12.4. The molecule has 1 N–H and O–H groups in total. The molecule has 0 bridgehead atoms. The third-order valence-electron chi connectivity index (χ3n) is 4.68. The van der Waals surface area contributed by atoms with E-state index in [9.17, 15) is 0 Å². The molecule has 2 rings (SSSR count). The highest BCUT2D eigenvalue weighted by Crippen LogP contribution is 2.38. The number of hydrogen-bond acceptors (Lipinski definition) is 2. The van der Waals surface area contributed by atoms with Gasteiger partial charge < -0.3 is 5.32 Å². The van der Waals surface area contributed by atoms with Crippen molar-refractivity contribution < 1.29 is 0 Å². The van der Waals surface area contributed by atoms with Gasteiger partial charge in [0.05, 0.1) is 0 Å². The van der Waals surface area contributed by atoms with Crippen molar-refractivity contribution in [2.45, 2.75) is 57.9 Å². The van der Waals surface area contributed by atoms with Crippen LogP contribution in [0.1, 0.15) is 63.5 Å². The molecule has 0 saturated heterocycles. The van der Waals surface area contributed by atoms with Crippen LogP contribution in [0, 0.1) is 11.8 Å². The molecule has 0 aliphatic heterocycles. The number of nitrogens with one attached hydrogen (secondary N) is 1. The molecular weight excluding hydrogens is 232 g/mol. The number of rotatable bonds is 6. The molecular formula is C17H28N2. The Labute approximate surface area is 118 Å². The van der Waals surface area contributed by atoms with Crippen LogP contribution in [-0.2, 0) is 0 Å². The standard InChI is InChI=1S/C17H28N2/c1-3-4-6-14-8-10-15(11-9-14)17(18-2)16-7-5-12-19-13-16/h5,7,12-15,17-18H,3-4,6,8-11H2,1-2H3. The molecule has 0 spiro atoms. The van der Waals surface area contributed by atoms with Crippen LogP contribution in [0.5, 0.6) is 0 Å². The maximum absolute atomic E-state index is 4.26. The fourth-order valence-corrected chi connectivity index (χ4v) is 3.54. The first kappa shape index (κ1) is 14.5. The summed E-state index contributed by atoms with van der Waals surface area (Å²) >= 11 is 0. The summed E-state index contributed by atoms with van der Waals surface area (Å²) in [7, 11) is 2.08. The highest BCUT2D eigenvalue weighted by Gasteiger charge is 2.27. The molecule has 1 unspecified atom stereocenters. The Hall–Kier alpha value is -0.890. The quantitative estimate of drug-likeness (QED) is 0.823. The van der Waals surface area contributed by atoms with Crippen molar-refractivity contribution in [2.24, 2.45) is 11.8 Å². The Morgan fingerprint density at radius 2 is 2.11 bits per heavy atom. The van der Waals surface area contributed by atoms with Crippen molar-refractivity contribution in [3.63, 3.8) is 0 Å². The van der Waals surface area contributed by atoms with Gasteiger partial charge in [-0.15, -0.1) is 0 Å². The number of pyridine rings is 1. The Balaban J connectivity index is 1.89. The molecule has 1 aliphatic carbocycles. The van der Waals surface area contributed by atoms with Crippen molar-refractivity contribution in [1.82, 2.24) is 10.3 Å². The molecule has 2 nitrogen and oxygen atoms in total. The molecule has 0 radical (unpaired) electrons. The summed E-state index contributed by atoms with van der Waals surface area (Å²) < 4.78 is 0. The second-order valence-electron chi connectivity index (χ2n) is 5.98. The molecule has 1 heterocycles. The molecule has 1 saturated carbocycles. The molecule has 1 atom stereocenters. The van der Waals surface area contributed by atoms with E-state index in [-0.39, 0.29) is 0 Å². The van der Waals surface area contributed by atoms with Crippen LogP contribution in [0.25, 0.3) is 0 Å². The molecule has 0 aromatic carbocycles. The van der Waals surface area contributed by atoms with Gasteiger partial charge >= 0.3 is 0 Å². The summed E-state index contributed by atoms with van der Waals surface area (Å²) in [6.07, 6.45) is 13.7. The topological polar surface area (TPSA) is 24.9 Å². The van der Waals surface area contributed by atoms with Crippen molar-refractivity contribution in [3.8, 4) is 0 Å². The molecule has 1 fully saturated rings. The Morgan fingerprint density at radius 1 is 1.32 bits per heavy atom. The third-order valence-corrected chi connectivity index (χ3v) is 4.68. The van der Waals surface area contributed by atoms with Crippen molar-refractivity contribution in [1.29, 1.82) is 0 Å². The zero-order valence-corrected chi connectivity index (χ0v) is 12.4. The van der Waals surface area contributed by atoms with E-state index in [4.69, 9.17) is 0 Å². The van der Waals surface area contributed by atoms with Gasteiger partial charge in [-0.25, -0.2) is 0 Å². The SMILES string of the molecule is CCCCC1CCC(C(NC)c2cccnc2)CC1. The van der Waals surface area contributed by atoms with Crippen LogP contribution in [-0.4, -0.2) is 12.0 Å². The Bertz CT molecular complexity index is 342. The molecule has 19 heavy (non-hydrogen) atoms. The van der Waals surface area contributed by atoms with Gasteiger partial charge in [0, 0.05) is 18.4 Å². The van der Waals surface area contributed by atoms with Gasteiger partial charge in [0.2, 0.25) is 0 Å². The summed E-state index contributed by atoms with van der Waals surface area (Å²) in [6.45, 7) is 2.30. The van der Waals surface area contributed by atoms with Crippen LogP contribution < -0.4 is 5.32 Å². The van der Waals surface area contributed by atoms with E-state index in [1.807, 2.05) is 18.5 Å². The lowest BCUT2D eigenvalue weighted by Crippen LogP contribution is -2.28. The van der Waals surface area contributed by atoms with Crippen LogP contribution in [0.4, 0.5) is 0 Å². The first-order chi connectivity index (χ1) is 9.35. The van der Waals surface area contributed by atoms with Crippen LogP contribution in [0.3, 0.4) is 0 Å². The normalized spacial score (nSPS) is 25.2. The van der Waals surface area contributed by atoms with Gasteiger partial charge in [0.15, 0.2) is 0 Å². The summed E-state index contributed by atoms with van der Waals surface area (Å²) in [5.74, 6) is 1.77. The van der Waals surface area contributed by atoms with Crippen LogP contribution in [0.2, 0.25) is 0 Å². The highest BCUT2D eigenvalue weighted by atomic mass is 14.9. The monoisotopic (exact) mass is 260 g/mol.